The van der Waals surface area contributed by atoms with Crippen LogP contribution in [0.3, 0.4) is 0 Å². The fourth-order valence-corrected chi connectivity index (χ4v) is 4.65. The van der Waals surface area contributed by atoms with E-state index in [0.29, 0.717) is 17.7 Å². The molecule has 2 saturated heterocycles. The summed E-state index contributed by atoms with van der Waals surface area (Å²) in [6.07, 6.45) is 2.39. The molecule has 2 fully saturated rings. The maximum atomic E-state index is 13.1. The Bertz CT molecular complexity index is 1260. The highest BCUT2D eigenvalue weighted by Crippen LogP contribution is 2.33. The lowest BCUT2D eigenvalue weighted by Crippen LogP contribution is -2.54. The van der Waals surface area contributed by atoms with Gasteiger partial charge in [0.15, 0.2) is 0 Å². The predicted octanol–water partition coefficient (Wildman–Crippen LogP) is 0.822. The lowest BCUT2D eigenvalue weighted by Gasteiger charge is -2.27. The number of hydrogen-bond donors (Lipinski definition) is 2. The van der Waals surface area contributed by atoms with Crippen LogP contribution in [0.25, 0.3) is 11.3 Å². The van der Waals surface area contributed by atoms with Gasteiger partial charge in [0.1, 0.15) is 17.8 Å². The molecule has 0 spiro atoms. The Kier molecular flexibility index (Phi) is 4.88. The van der Waals surface area contributed by atoms with Crippen LogP contribution in [0.2, 0.25) is 0 Å². The summed E-state index contributed by atoms with van der Waals surface area (Å²) >= 11 is 0. The van der Waals surface area contributed by atoms with E-state index in [1.807, 2.05) is 0 Å². The molecule has 2 aromatic rings. The molecule has 11 nitrogen and oxygen atoms in total. The first-order valence-corrected chi connectivity index (χ1v) is 11.1. The monoisotopic (exact) mass is 464 g/mol. The molecule has 1 aromatic carbocycles. The van der Waals surface area contributed by atoms with E-state index in [0.717, 1.165) is 4.90 Å². The Hall–Kier alpha value is -3.89. The van der Waals surface area contributed by atoms with Crippen molar-refractivity contribution < 1.29 is 24.0 Å². The molecule has 176 valence electrons. The smallest absolute Gasteiger partial charge is 0.262 e. The number of aromatic nitrogens is 3. The number of rotatable bonds is 3. The molecule has 0 saturated carbocycles. The summed E-state index contributed by atoms with van der Waals surface area (Å²) in [5.41, 5.74) is 1.27. The molecule has 3 atom stereocenters. The van der Waals surface area contributed by atoms with Gasteiger partial charge in [-0.25, -0.2) is 4.68 Å². The van der Waals surface area contributed by atoms with Gasteiger partial charge < -0.3 is 5.32 Å². The van der Waals surface area contributed by atoms with Gasteiger partial charge in [-0.05, 0) is 30.4 Å². The second-order valence-corrected chi connectivity index (χ2v) is 9.97. The van der Waals surface area contributed by atoms with E-state index in [1.165, 1.54) is 10.7 Å². The third-order valence-corrected chi connectivity index (χ3v) is 6.69. The van der Waals surface area contributed by atoms with Crippen LogP contribution >= 0.6 is 0 Å². The predicted molar refractivity (Wildman–Crippen MR) is 117 cm³/mol. The molecule has 0 radical (unpaired) electrons. The van der Waals surface area contributed by atoms with Crippen molar-refractivity contribution in [2.24, 2.45) is 5.41 Å². The number of fused-ring (bicyclic) bond motifs is 1. The number of carbonyl (C=O) groups is 5. The van der Waals surface area contributed by atoms with Crippen molar-refractivity contribution in [2.45, 2.75) is 58.2 Å². The van der Waals surface area contributed by atoms with Crippen molar-refractivity contribution in [3.05, 3.63) is 35.5 Å². The van der Waals surface area contributed by atoms with E-state index >= 15 is 0 Å². The second kappa shape index (κ2) is 7.57. The Labute approximate surface area is 194 Å². The Morgan fingerprint density at radius 2 is 1.71 bits per heavy atom. The topological polar surface area (TPSA) is 143 Å². The number of benzene rings is 1. The van der Waals surface area contributed by atoms with Gasteiger partial charge in [-0.2, -0.15) is 0 Å². The molecular formula is C23H24N6O5. The van der Waals surface area contributed by atoms with Crippen molar-refractivity contribution in [1.29, 1.82) is 0 Å². The van der Waals surface area contributed by atoms with Gasteiger partial charge >= 0.3 is 0 Å². The van der Waals surface area contributed by atoms with Gasteiger partial charge in [0, 0.05) is 18.0 Å². The zero-order valence-corrected chi connectivity index (χ0v) is 19.0. The first-order chi connectivity index (χ1) is 16.0. The first kappa shape index (κ1) is 21.9. The Morgan fingerprint density at radius 1 is 0.971 bits per heavy atom. The number of nitrogens with one attached hydrogen (secondary N) is 2. The summed E-state index contributed by atoms with van der Waals surface area (Å²) in [6, 6.07) is 3.23. The van der Waals surface area contributed by atoms with Gasteiger partial charge in [0.25, 0.3) is 11.8 Å². The summed E-state index contributed by atoms with van der Waals surface area (Å²) in [5, 5.41) is 13.5. The summed E-state index contributed by atoms with van der Waals surface area (Å²) in [5.74, 6) is -2.36. The van der Waals surface area contributed by atoms with E-state index < -0.39 is 35.7 Å². The fourth-order valence-electron chi connectivity index (χ4n) is 4.65. The van der Waals surface area contributed by atoms with Crippen molar-refractivity contribution >= 4 is 29.5 Å². The van der Waals surface area contributed by atoms with Gasteiger partial charge in [0.05, 0.1) is 17.3 Å². The normalized spacial score (nSPS) is 25.0. The molecule has 0 bridgehead atoms. The Morgan fingerprint density at radius 3 is 2.38 bits per heavy atom. The molecule has 34 heavy (non-hydrogen) atoms. The zero-order chi connectivity index (χ0) is 24.4. The molecular weight excluding hydrogens is 440 g/mol. The van der Waals surface area contributed by atoms with Crippen LogP contribution in [0.5, 0.6) is 0 Å². The van der Waals surface area contributed by atoms with Gasteiger partial charge in [-0.1, -0.05) is 32.1 Å². The number of imide groups is 2. The van der Waals surface area contributed by atoms with Crippen molar-refractivity contribution in [2.75, 3.05) is 0 Å². The van der Waals surface area contributed by atoms with E-state index in [4.69, 9.17) is 0 Å². The molecule has 3 aliphatic rings. The van der Waals surface area contributed by atoms with E-state index in [-0.39, 0.29) is 41.3 Å². The van der Waals surface area contributed by atoms with Crippen LogP contribution in [-0.4, -0.2) is 61.5 Å². The van der Waals surface area contributed by atoms with Gasteiger partial charge in [-0.3, -0.25) is 34.2 Å². The number of amides is 5. The van der Waals surface area contributed by atoms with Crippen LogP contribution in [0, 0.1) is 5.41 Å². The van der Waals surface area contributed by atoms with Crippen molar-refractivity contribution in [3.63, 3.8) is 0 Å². The summed E-state index contributed by atoms with van der Waals surface area (Å²) in [6.45, 7) is 6.19. The van der Waals surface area contributed by atoms with Crippen molar-refractivity contribution in [3.8, 4) is 11.3 Å². The molecule has 1 aromatic heterocycles. The van der Waals surface area contributed by atoms with E-state index in [1.54, 1.807) is 18.3 Å². The molecule has 0 aliphatic carbocycles. The van der Waals surface area contributed by atoms with E-state index in [2.05, 4.69) is 41.7 Å². The minimum Gasteiger partial charge on any atom is -0.351 e. The quantitative estimate of drug-likeness (QED) is 0.640. The summed E-state index contributed by atoms with van der Waals surface area (Å²) < 4.78 is 1.52. The molecule has 2 N–H and O–H groups in total. The summed E-state index contributed by atoms with van der Waals surface area (Å²) in [7, 11) is 0. The van der Waals surface area contributed by atoms with Gasteiger partial charge in [-0.15, -0.1) is 5.10 Å². The average Bonchev–Trinajstić information content (AvgIpc) is 3.46. The molecule has 3 aliphatic heterocycles. The molecule has 5 rings (SSSR count). The first-order valence-electron chi connectivity index (χ1n) is 11.1. The number of hydrogen-bond acceptors (Lipinski definition) is 7. The minimum absolute atomic E-state index is 0.0135. The SMILES string of the molecule is CC(C)(C)C1CC(n2cc(-c3ccc4c(c3)C(=O)N(C3CCC(=O)NC3=O)C4=O)nn2)C(=O)N1. The molecule has 5 amide bonds. The highest BCUT2D eigenvalue weighted by atomic mass is 16.2. The van der Waals surface area contributed by atoms with Crippen LogP contribution in [0.1, 0.15) is 66.8 Å². The maximum Gasteiger partial charge on any atom is 0.262 e. The van der Waals surface area contributed by atoms with E-state index in [9.17, 15) is 24.0 Å². The zero-order valence-electron chi connectivity index (χ0n) is 19.0. The maximum absolute atomic E-state index is 13.1. The number of piperidine rings is 1. The highest BCUT2D eigenvalue weighted by Gasteiger charge is 2.45. The largest absolute Gasteiger partial charge is 0.351 e. The van der Waals surface area contributed by atoms with Crippen LogP contribution in [0.4, 0.5) is 0 Å². The molecule has 3 unspecified atom stereocenters. The molecule has 11 heteroatoms. The minimum atomic E-state index is -1.02. The third kappa shape index (κ3) is 3.47. The summed E-state index contributed by atoms with van der Waals surface area (Å²) in [4.78, 5) is 63.0. The third-order valence-electron chi connectivity index (χ3n) is 6.69. The van der Waals surface area contributed by atoms with Crippen LogP contribution in [-0.2, 0) is 14.4 Å². The standard InChI is InChI=1S/C23H24N6O5/c1-23(2,3)17-9-16(20(32)24-17)28-10-14(26-27-28)11-4-5-12-13(8-11)22(34)29(21(12)33)15-6-7-18(30)25-19(15)31/h4-5,8,10,15-17H,6-7,9H2,1-3H3,(H,24,32)(H,25,30,31). The Balaban J connectivity index is 1.40. The van der Waals surface area contributed by atoms with Crippen LogP contribution < -0.4 is 10.6 Å². The van der Waals surface area contributed by atoms with Gasteiger partial charge in [0.2, 0.25) is 17.7 Å². The average molecular weight is 464 g/mol. The highest BCUT2D eigenvalue weighted by molar-refractivity contribution is 6.23. The molecule has 4 heterocycles. The lowest BCUT2D eigenvalue weighted by atomic mass is 9.85. The van der Waals surface area contributed by atoms with Crippen LogP contribution in [0.15, 0.2) is 24.4 Å². The second-order valence-electron chi connectivity index (χ2n) is 9.97. The number of carbonyl (C=O) groups excluding carboxylic acids is 5. The van der Waals surface area contributed by atoms with Crippen molar-refractivity contribution in [1.82, 2.24) is 30.5 Å². The number of nitrogens with zero attached hydrogens (tertiary/aromatic N) is 4. The lowest BCUT2D eigenvalue weighted by molar-refractivity contribution is -0.136. The fraction of sp³-hybridized carbons (Fsp3) is 0.435.